The highest BCUT2D eigenvalue weighted by Crippen LogP contribution is 2.33. The van der Waals surface area contributed by atoms with Crippen LogP contribution in [0, 0.1) is 11.7 Å². The van der Waals surface area contributed by atoms with Crippen LogP contribution in [0.4, 0.5) is 10.1 Å². The molecule has 2 aromatic rings. The monoisotopic (exact) mass is 438 g/mol. The van der Waals surface area contributed by atoms with Crippen molar-refractivity contribution < 1.29 is 22.3 Å². The molecule has 1 aromatic heterocycles. The van der Waals surface area contributed by atoms with E-state index in [4.69, 9.17) is 4.74 Å². The van der Waals surface area contributed by atoms with E-state index in [1.54, 1.807) is 0 Å². The average Bonchev–Trinajstić information content (AvgIpc) is 3.13. The number of aryl methyl sites for hydroxylation is 1. The molecule has 2 aliphatic rings. The highest BCUT2D eigenvalue weighted by atomic mass is 32.2. The molecule has 29 heavy (non-hydrogen) atoms. The maximum atomic E-state index is 14.3. The summed E-state index contributed by atoms with van der Waals surface area (Å²) in [6, 6.07) is 5.55. The van der Waals surface area contributed by atoms with Crippen molar-refractivity contribution in [1.82, 2.24) is 4.31 Å². The normalized spacial score (nSPS) is 20.3. The first kappa shape index (κ1) is 20.5. The molecule has 156 valence electrons. The van der Waals surface area contributed by atoms with Crippen molar-refractivity contribution in [2.24, 2.45) is 5.92 Å². The fourth-order valence-corrected chi connectivity index (χ4v) is 6.32. The van der Waals surface area contributed by atoms with Crippen molar-refractivity contribution in [1.29, 1.82) is 0 Å². The van der Waals surface area contributed by atoms with Crippen molar-refractivity contribution in [3.63, 3.8) is 0 Å². The zero-order chi connectivity index (χ0) is 20.6. The van der Waals surface area contributed by atoms with E-state index in [9.17, 15) is 17.6 Å². The zero-order valence-corrected chi connectivity index (χ0v) is 17.7. The lowest BCUT2D eigenvalue weighted by atomic mass is 9.90. The first-order valence-corrected chi connectivity index (χ1v) is 11.9. The third kappa shape index (κ3) is 4.23. The molecular weight excluding hydrogens is 415 g/mol. The van der Waals surface area contributed by atoms with Gasteiger partial charge in [0.1, 0.15) is 10.7 Å². The number of amides is 1. The molecule has 0 radical (unpaired) electrons. The fraction of sp³-hybridized carbons (Fsp3) is 0.450. The SMILES string of the molecule is CC1CCc2sc(C(=O)Nc3ccc(F)c(S(=O)(=O)N4CCOCC4)c3)cc2C1. The van der Waals surface area contributed by atoms with Crippen molar-refractivity contribution >= 4 is 33.0 Å². The first-order chi connectivity index (χ1) is 13.8. The van der Waals surface area contributed by atoms with Gasteiger partial charge in [0.25, 0.3) is 5.91 Å². The fourth-order valence-electron chi connectivity index (χ4n) is 3.72. The van der Waals surface area contributed by atoms with E-state index >= 15 is 0 Å². The maximum absolute atomic E-state index is 14.3. The van der Waals surface area contributed by atoms with Gasteiger partial charge in [0.15, 0.2) is 0 Å². The Morgan fingerprint density at radius 1 is 1.28 bits per heavy atom. The summed E-state index contributed by atoms with van der Waals surface area (Å²) in [5.41, 5.74) is 1.47. The van der Waals surface area contributed by atoms with Gasteiger partial charge in [-0.25, -0.2) is 12.8 Å². The number of fused-ring (bicyclic) bond motifs is 1. The maximum Gasteiger partial charge on any atom is 0.265 e. The zero-order valence-electron chi connectivity index (χ0n) is 16.1. The predicted octanol–water partition coefficient (Wildman–Crippen LogP) is 3.29. The van der Waals surface area contributed by atoms with Crippen LogP contribution in [-0.4, -0.2) is 44.9 Å². The van der Waals surface area contributed by atoms with Crippen LogP contribution in [0.5, 0.6) is 0 Å². The molecule has 1 fully saturated rings. The largest absolute Gasteiger partial charge is 0.379 e. The Hall–Kier alpha value is -1.81. The topological polar surface area (TPSA) is 75.7 Å². The molecule has 6 nitrogen and oxygen atoms in total. The van der Waals surface area contributed by atoms with Gasteiger partial charge in [-0.3, -0.25) is 4.79 Å². The van der Waals surface area contributed by atoms with Crippen LogP contribution in [0.3, 0.4) is 0 Å². The number of rotatable bonds is 4. The average molecular weight is 439 g/mol. The number of anilines is 1. The van der Waals surface area contributed by atoms with Crippen LogP contribution in [0.2, 0.25) is 0 Å². The number of carbonyl (C=O) groups excluding carboxylic acids is 1. The molecule has 1 aliphatic carbocycles. The minimum Gasteiger partial charge on any atom is -0.379 e. The number of morpholine rings is 1. The molecule has 0 bridgehead atoms. The van der Waals surface area contributed by atoms with Crippen LogP contribution < -0.4 is 5.32 Å². The highest BCUT2D eigenvalue weighted by molar-refractivity contribution is 7.89. The summed E-state index contributed by atoms with van der Waals surface area (Å²) in [6.45, 7) is 3.11. The molecule has 1 N–H and O–H groups in total. The molecular formula is C20H23FN2O4S2. The Morgan fingerprint density at radius 2 is 2.03 bits per heavy atom. The second-order valence-electron chi connectivity index (χ2n) is 7.52. The Bertz CT molecular complexity index is 1030. The number of ether oxygens (including phenoxy) is 1. The molecule has 1 amide bonds. The summed E-state index contributed by atoms with van der Waals surface area (Å²) >= 11 is 1.47. The Kier molecular flexibility index (Phi) is 5.74. The van der Waals surface area contributed by atoms with Crippen molar-refractivity contribution in [3.8, 4) is 0 Å². The Morgan fingerprint density at radius 3 is 2.79 bits per heavy atom. The predicted molar refractivity (Wildman–Crippen MR) is 109 cm³/mol. The molecule has 2 heterocycles. The second-order valence-corrected chi connectivity index (χ2v) is 10.6. The van der Waals surface area contributed by atoms with Gasteiger partial charge in [0.2, 0.25) is 10.0 Å². The number of carbonyl (C=O) groups is 1. The molecule has 4 rings (SSSR count). The van der Waals surface area contributed by atoms with E-state index in [0.29, 0.717) is 10.8 Å². The number of halogens is 1. The van der Waals surface area contributed by atoms with E-state index in [1.165, 1.54) is 38.2 Å². The van der Waals surface area contributed by atoms with Crippen molar-refractivity contribution in [2.45, 2.75) is 31.1 Å². The van der Waals surface area contributed by atoms with Gasteiger partial charge in [-0.05, 0) is 55.0 Å². The van der Waals surface area contributed by atoms with Gasteiger partial charge in [0, 0.05) is 23.7 Å². The van der Waals surface area contributed by atoms with Gasteiger partial charge < -0.3 is 10.1 Å². The van der Waals surface area contributed by atoms with Crippen LogP contribution >= 0.6 is 11.3 Å². The summed E-state index contributed by atoms with van der Waals surface area (Å²) in [5, 5.41) is 2.72. The van der Waals surface area contributed by atoms with Crippen LogP contribution in [0.25, 0.3) is 0 Å². The number of benzene rings is 1. The minimum absolute atomic E-state index is 0.178. The molecule has 0 spiro atoms. The van der Waals surface area contributed by atoms with Crippen molar-refractivity contribution in [3.05, 3.63) is 45.4 Å². The van der Waals surface area contributed by atoms with E-state index in [1.807, 2.05) is 6.07 Å². The van der Waals surface area contributed by atoms with Gasteiger partial charge in [-0.2, -0.15) is 4.31 Å². The number of thiophene rings is 1. The molecule has 9 heteroatoms. The van der Waals surface area contributed by atoms with Gasteiger partial charge in [-0.1, -0.05) is 6.92 Å². The Labute approximate surface area is 173 Å². The summed E-state index contributed by atoms with van der Waals surface area (Å²) < 4.78 is 46.3. The summed E-state index contributed by atoms with van der Waals surface area (Å²) in [7, 11) is -3.99. The van der Waals surface area contributed by atoms with Gasteiger partial charge >= 0.3 is 0 Å². The lowest BCUT2D eigenvalue weighted by Crippen LogP contribution is -2.40. The quantitative estimate of drug-likeness (QED) is 0.795. The smallest absolute Gasteiger partial charge is 0.265 e. The summed E-state index contributed by atoms with van der Waals surface area (Å²) in [5.74, 6) is -0.536. The third-order valence-electron chi connectivity index (χ3n) is 5.33. The third-order valence-corrected chi connectivity index (χ3v) is 8.48. The lowest BCUT2D eigenvalue weighted by molar-refractivity contribution is 0.0729. The molecule has 0 saturated carbocycles. The minimum atomic E-state index is -3.99. The van der Waals surface area contributed by atoms with E-state index in [-0.39, 0.29) is 37.9 Å². The second kappa shape index (κ2) is 8.14. The highest BCUT2D eigenvalue weighted by Gasteiger charge is 2.29. The summed E-state index contributed by atoms with van der Waals surface area (Å²) in [4.78, 5) is 14.1. The molecule has 1 saturated heterocycles. The molecule has 1 aliphatic heterocycles. The van der Waals surface area contributed by atoms with E-state index in [0.717, 1.165) is 25.3 Å². The van der Waals surface area contributed by atoms with Crippen LogP contribution in [0.1, 0.15) is 33.5 Å². The van der Waals surface area contributed by atoms with Crippen LogP contribution in [0.15, 0.2) is 29.2 Å². The lowest BCUT2D eigenvalue weighted by Gasteiger charge is -2.26. The van der Waals surface area contributed by atoms with E-state index in [2.05, 4.69) is 12.2 Å². The summed E-state index contributed by atoms with van der Waals surface area (Å²) in [6.07, 6.45) is 3.07. The molecule has 1 aromatic carbocycles. The molecule has 1 atom stereocenters. The standard InChI is InChI=1S/C20H23FN2O4S2/c1-13-2-5-17-14(10-13)11-18(28-17)20(24)22-15-3-4-16(21)19(12-15)29(25,26)23-6-8-27-9-7-23/h3-4,11-13H,2,5-10H2,1H3,(H,22,24). The number of nitrogens with one attached hydrogen (secondary N) is 1. The van der Waals surface area contributed by atoms with E-state index < -0.39 is 20.7 Å². The number of hydrogen-bond acceptors (Lipinski definition) is 5. The van der Waals surface area contributed by atoms with Crippen molar-refractivity contribution in [2.75, 3.05) is 31.6 Å². The first-order valence-electron chi connectivity index (χ1n) is 9.65. The number of sulfonamides is 1. The Balaban J connectivity index is 1.55. The van der Waals surface area contributed by atoms with Crippen LogP contribution in [-0.2, 0) is 27.6 Å². The number of nitrogens with zero attached hydrogens (tertiary/aromatic N) is 1. The molecule has 1 unspecified atom stereocenters. The van der Waals surface area contributed by atoms with Gasteiger partial charge in [0.05, 0.1) is 18.1 Å². The van der Waals surface area contributed by atoms with Gasteiger partial charge in [-0.15, -0.1) is 11.3 Å². The number of hydrogen-bond donors (Lipinski definition) is 1.